The van der Waals surface area contributed by atoms with Crippen molar-refractivity contribution in [1.29, 1.82) is 5.26 Å². The van der Waals surface area contributed by atoms with E-state index in [9.17, 15) is 18.5 Å². The molecule has 0 spiro atoms. The molecule has 1 aromatic carbocycles. The first kappa shape index (κ1) is 17.7. The van der Waals surface area contributed by atoms with E-state index in [1.165, 1.54) is 22.5 Å². The second-order valence-corrected chi connectivity index (χ2v) is 7.49. The van der Waals surface area contributed by atoms with Gasteiger partial charge < -0.3 is 4.74 Å². The van der Waals surface area contributed by atoms with E-state index in [0.29, 0.717) is 19.4 Å². The summed E-state index contributed by atoms with van der Waals surface area (Å²) in [5, 5.41) is 9.27. The number of sulfonamides is 1. The van der Waals surface area contributed by atoms with Gasteiger partial charge in [-0.25, -0.2) is 8.42 Å². The quantitative estimate of drug-likeness (QED) is 0.771. The van der Waals surface area contributed by atoms with Crippen molar-refractivity contribution < 1.29 is 17.9 Å². The molecule has 0 bridgehead atoms. The summed E-state index contributed by atoms with van der Waals surface area (Å²) < 4.78 is 31.8. The summed E-state index contributed by atoms with van der Waals surface area (Å²) in [6.45, 7) is 2.32. The van der Waals surface area contributed by atoms with Gasteiger partial charge in [-0.15, -0.1) is 0 Å². The molecule has 2 rings (SSSR count). The number of benzene rings is 1. The van der Waals surface area contributed by atoms with Gasteiger partial charge in [-0.3, -0.25) is 4.79 Å². The lowest BCUT2D eigenvalue weighted by Crippen LogP contribution is -2.42. The van der Waals surface area contributed by atoms with Crippen LogP contribution in [0.4, 0.5) is 0 Å². The van der Waals surface area contributed by atoms with E-state index in [0.717, 1.165) is 0 Å². The lowest BCUT2D eigenvalue weighted by atomic mass is 10.0. The highest BCUT2D eigenvalue weighted by molar-refractivity contribution is 7.89. The van der Waals surface area contributed by atoms with Gasteiger partial charge in [0.05, 0.1) is 23.1 Å². The fourth-order valence-corrected chi connectivity index (χ4v) is 4.54. The summed E-state index contributed by atoms with van der Waals surface area (Å²) in [5.41, 5.74) is -0.0765. The Labute approximate surface area is 140 Å². The molecule has 1 aromatic rings. The van der Waals surface area contributed by atoms with Crippen LogP contribution < -0.4 is 0 Å². The van der Waals surface area contributed by atoms with Gasteiger partial charge in [-0.05, 0) is 31.9 Å². The first-order valence-electron chi connectivity index (χ1n) is 7.27. The molecule has 0 radical (unpaired) electrons. The molecule has 1 heterocycles. The molecule has 1 fully saturated rings. The van der Waals surface area contributed by atoms with Crippen LogP contribution >= 0.6 is 11.6 Å². The first-order valence-corrected chi connectivity index (χ1v) is 9.09. The second kappa shape index (κ2) is 7.30. The van der Waals surface area contributed by atoms with Crippen LogP contribution in [-0.4, -0.2) is 38.4 Å². The molecule has 1 saturated heterocycles. The number of rotatable bonds is 4. The Morgan fingerprint density at radius 3 is 2.91 bits per heavy atom. The molecular weight excluding hydrogens is 340 g/mol. The van der Waals surface area contributed by atoms with Crippen molar-refractivity contribution >= 4 is 27.6 Å². The topological polar surface area (TPSA) is 87.5 Å². The number of halogens is 1. The van der Waals surface area contributed by atoms with Gasteiger partial charge >= 0.3 is 5.97 Å². The Bertz CT molecular complexity index is 742. The number of nitrogens with zero attached hydrogens (tertiary/aromatic N) is 2. The molecule has 1 aliphatic rings. The predicted molar refractivity (Wildman–Crippen MR) is 84.3 cm³/mol. The van der Waals surface area contributed by atoms with E-state index in [4.69, 9.17) is 16.3 Å². The molecule has 0 amide bonds. The van der Waals surface area contributed by atoms with Gasteiger partial charge in [0.25, 0.3) is 0 Å². The average molecular weight is 357 g/mol. The molecule has 1 atom stereocenters. The summed E-state index contributed by atoms with van der Waals surface area (Å²) in [5.74, 6) is -0.873. The van der Waals surface area contributed by atoms with Crippen molar-refractivity contribution in [3.05, 3.63) is 28.8 Å². The Morgan fingerprint density at radius 2 is 2.26 bits per heavy atom. The predicted octanol–water partition coefficient (Wildman–Crippen LogP) is 2.18. The van der Waals surface area contributed by atoms with Crippen molar-refractivity contribution in [3.8, 4) is 6.07 Å². The Balaban J connectivity index is 2.32. The summed E-state index contributed by atoms with van der Waals surface area (Å²) in [7, 11) is -3.89. The lowest BCUT2D eigenvalue weighted by Gasteiger charge is -2.30. The maximum atomic E-state index is 12.8. The van der Waals surface area contributed by atoms with Crippen LogP contribution in [0.5, 0.6) is 0 Å². The van der Waals surface area contributed by atoms with Gasteiger partial charge in [0.15, 0.2) is 0 Å². The third kappa shape index (κ3) is 3.66. The fraction of sp³-hybridized carbons (Fsp3) is 0.467. The molecule has 23 heavy (non-hydrogen) atoms. The summed E-state index contributed by atoms with van der Waals surface area (Å²) in [6, 6.07) is 6.15. The lowest BCUT2D eigenvalue weighted by molar-refractivity contribution is -0.149. The number of esters is 1. The molecule has 1 unspecified atom stereocenters. The minimum Gasteiger partial charge on any atom is -0.466 e. The van der Waals surface area contributed by atoms with Crippen molar-refractivity contribution in [2.75, 3.05) is 19.7 Å². The molecule has 6 nitrogen and oxygen atoms in total. The Kier molecular flexibility index (Phi) is 5.63. The minimum absolute atomic E-state index is 0.0541. The number of carbonyl (C=O) groups excluding carboxylic acids is 1. The van der Waals surface area contributed by atoms with Crippen LogP contribution in [0.1, 0.15) is 25.3 Å². The summed E-state index contributed by atoms with van der Waals surface area (Å²) >= 11 is 5.92. The smallest absolute Gasteiger partial charge is 0.310 e. The Hall–Kier alpha value is -1.62. The maximum absolute atomic E-state index is 12.8. The average Bonchev–Trinajstić information content (AvgIpc) is 2.55. The molecule has 124 valence electrons. The van der Waals surface area contributed by atoms with Crippen LogP contribution in [0.15, 0.2) is 23.1 Å². The molecule has 1 aliphatic heterocycles. The second-order valence-electron chi connectivity index (χ2n) is 5.18. The van der Waals surface area contributed by atoms with Gasteiger partial charge in [0.1, 0.15) is 11.0 Å². The highest BCUT2D eigenvalue weighted by Gasteiger charge is 2.35. The zero-order chi connectivity index (χ0) is 17.0. The largest absolute Gasteiger partial charge is 0.466 e. The van der Waals surface area contributed by atoms with Gasteiger partial charge in [-0.2, -0.15) is 9.57 Å². The molecule has 0 N–H and O–H groups in total. The van der Waals surface area contributed by atoms with Crippen LogP contribution in [0.25, 0.3) is 0 Å². The minimum atomic E-state index is -3.89. The monoisotopic (exact) mass is 356 g/mol. The van der Waals surface area contributed by atoms with E-state index in [-0.39, 0.29) is 34.6 Å². The van der Waals surface area contributed by atoms with E-state index in [1.807, 2.05) is 6.07 Å². The zero-order valence-electron chi connectivity index (χ0n) is 12.7. The highest BCUT2D eigenvalue weighted by atomic mass is 35.5. The summed E-state index contributed by atoms with van der Waals surface area (Å²) in [4.78, 5) is 11.7. The van der Waals surface area contributed by atoms with Crippen LogP contribution in [-0.2, 0) is 19.6 Å². The van der Waals surface area contributed by atoms with Crippen LogP contribution in [0.2, 0.25) is 5.02 Å². The standard InChI is InChI=1S/C15H17ClN2O4S/c1-2-22-15(19)11-5-4-8-18(10-11)23(20,21)14-7-3-6-13(16)12(14)9-17/h3,6-7,11H,2,4-5,8,10H2,1H3. The molecule has 0 aromatic heterocycles. The number of hydrogen-bond donors (Lipinski definition) is 0. The number of hydrogen-bond acceptors (Lipinski definition) is 5. The number of carbonyl (C=O) groups is 1. The number of nitriles is 1. The van der Waals surface area contributed by atoms with E-state index in [1.54, 1.807) is 6.92 Å². The molecular formula is C15H17ClN2O4S. The van der Waals surface area contributed by atoms with Crippen molar-refractivity contribution in [1.82, 2.24) is 4.31 Å². The van der Waals surface area contributed by atoms with Crippen LogP contribution in [0, 0.1) is 17.2 Å². The molecule has 0 saturated carbocycles. The Morgan fingerprint density at radius 1 is 1.52 bits per heavy atom. The highest BCUT2D eigenvalue weighted by Crippen LogP contribution is 2.29. The van der Waals surface area contributed by atoms with E-state index < -0.39 is 15.9 Å². The van der Waals surface area contributed by atoms with Crippen molar-refractivity contribution in [3.63, 3.8) is 0 Å². The van der Waals surface area contributed by atoms with Crippen LogP contribution in [0.3, 0.4) is 0 Å². The zero-order valence-corrected chi connectivity index (χ0v) is 14.2. The van der Waals surface area contributed by atoms with Crippen molar-refractivity contribution in [2.24, 2.45) is 5.92 Å². The molecule has 8 heteroatoms. The van der Waals surface area contributed by atoms with Gasteiger partial charge in [0.2, 0.25) is 10.0 Å². The van der Waals surface area contributed by atoms with Crippen molar-refractivity contribution in [2.45, 2.75) is 24.7 Å². The third-order valence-electron chi connectivity index (χ3n) is 3.71. The molecule has 0 aliphatic carbocycles. The number of ether oxygens (including phenoxy) is 1. The first-order chi connectivity index (χ1) is 10.9. The SMILES string of the molecule is CCOC(=O)C1CCCN(S(=O)(=O)c2cccc(Cl)c2C#N)C1. The normalized spacial score (nSPS) is 19.1. The summed E-state index contributed by atoms with van der Waals surface area (Å²) in [6.07, 6.45) is 1.15. The fourth-order valence-electron chi connectivity index (χ4n) is 2.58. The van der Waals surface area contributed by atoms with Gasteiger partial charge in [0, 0.05) is 13.1 Å². The van der Waals surface area contributed by atoms with E-state index in [2.05, 4.69) is 0 Å². The number of piperidine rings is 1. The maximum Gasteiger partial charge on any atom is 0.310 e. The third-order valence-corrected chi connectivity index (χ3v) is 5.93. The van der Waals surface area contributed by atoms with E-state index >= 15 is 0 Å². The van der Waals surface area contributed by atoms with Gasteiger partial charge in [-0.1, -0.05) is 17.7 Å².